The van der Waals surface area contributed by atoms with E-state index in [9.17, 15) is 28.5 Å². The van der Waals surface area contributed by atoms with E-state index in [1.807, 2.05) is 0 Å². The molecule has 0 aromatic heterocycles. The smallest absolute Gasteiger partial charge is 0.307 e. The highest BCUT2D eigenvalue weighted by atomic mass is 32.2. The van der Waals surface area contributed by atoms with Gasteiger partial charge in [-0.2, -0.15) is 0 Å². The fourth-order valence-corrected chi connectivity index (χ4v) is 2.98. The summed E-state index contributed by atoms with van der Waals surface area (Å²) in [6.07, 6.45) is -0.0203. The second-order valence-corrected chi connectivity index (χ2v) is 6.81. The zero-order valence-electron chi connectivity index (χ0n) is 14.7. The number of esters is 1. The van der Waals surface area contributed by atoms with Gasteiger partial charge in [0.15, 0.2) is 18.2 Å². The van der Waals surface area contributed by atoms with Gasteiger partial charge in [0, 0.05) is 28.5 Å². The summed E-state index contributed by atoms with van der Waals surface area (Å²) in [5, 5.41) is 13.2. The number of aryl methyl sites for hydroxylation is 1. The SMILES string of the molecule is Cc1cc([N+](=O)[O-])ccc1NC(=O)COC(=O)CCSc1ccc(F)c(F)c1. The van der Waals surface area contributed by atoms with E-state index in [0.29, 0.717) is 16.1 Å². The second kappa shape index (κ2) is 9.79. The van der Waals surface area contributed by atoms with Crippen LogP contribution in [-0.4, -0.2) is 29.2 Å². The molecular weight excluding hydrogens is 394 g/mol. The van der Waals surface area contributed by atoms with E-state index in [2.05, 4.69) is 5.32 Å². The molecule has 2 rings (SSSR count). The first kappa shape index (κ1) is 21.3. The zero-order valence-corrected chi connectivity index (χ0v) is 15.6. The predicted molar refractivity (Wildman–Crippen MR) is 99.1 cm³/mol. The van der Waals surface area contributed by atoms with Crippen LogP contribution < -0.4 is 5.32 Å². The van der Waals surface area contributed by atoms with Crippen LogP contribution >= 0.6 is 11.8 Å². The van der Waals surface area contributed by atoms with Crippen LogP contribution in [0.5, 0.6) is 0 Å². The molecule has 0 spiro atoms. The molecule has 0 unspecified atom stereocenters. The molecule has 0 bridgehead atoms. The minimum Gasteiger partial charge on any atom is -0.456 e. The number of benzene rings is 2. The first-order chi connectivity index (χ1) is 13.3. The van der Waals surface area contributed by atoms with Gasteiger partial charge in [0.05, 0.1) is 11.3 Å². The Labute approximate surface area is 163 Å². The third-order valence-electron chi connectivity index (χ3n) is 3.53. The van der Waals surface area contributed by atoms with Crippen molar-refractivity contribution in [1.82, 2.24) is 0 Å². The Hall–Kier alpha value is -3.01. The first-order valence-corrected chi connectivity index (χ1v) is 9.03. The van der Waals surface area contributed by atoms with E-state index in [4.69, 9.17) is 4.74 Å². The minimum atomic E-state index is -0.967. The summed E-state index contributed by atoms with van der Waals surface area (Å²) in [4.78, 5) is 34.1. The van der Waals surface area contributed by atoms with Crippen molar-refractivity contribution in [2.75, 3.05) is 17.7 Å². The van der Waals surface area contributed by atoms with Crippen LogP contribution in [0.15, 0.2) is 41.3 Å². The van der Waals surface area contributed by atoms with E-state index >= 15 is 0 Å². The van der Waals surface area contributed by atoms with E-state index < -0.39 is 35.0 Å². The van der Waals surface area contributed by atoms with E-state index in [-0.39, 0.29) is 17.9 Å². The molecule has 7 nitrogen and oxygen atoms in total. The van der Waals surface area contributed by atoms with Crippen LogP contribution in [0, 0.1) is 28.7 Å². The molecule has 28 heavy (non-hydrogen) atoms. The van der Waals surface area contributed by atoms with Crippen molar-refractivity contribution in [3.63, 3.8) is 0 Å². The van der Waals surface area contributed by atoms with Gasteiger partial charge in [0.2, 0.25) is 0 Å². The number of halogens is 2. The van der Waals surface area contributed by atoms with Gasteiger partial charge in [-0.3, -0.25) is 19.7 Å². The monoisotopic (exact) mass is 410 g/mol. The Kier molecular flexibility index (Phi) is 7.44. The molecule has 1 N–H and O–H groups in total. The summed E-state index contributed by atoms with van der Waals surface area (Å²) in [5.74, 6) is -2.85. The molecule has 0 heterocycles. The van der Waals surface area contributed by atoms with Crippen molar-refractivity contribution in [2.24, 2.45) is 0 Å². The van der Waals surface area contributed by atoms with Crippen molar-refractivity contribution in [3.05, 3.63) is 63.7 Å². The molecule has 0 atom stereocenters. The van der Waals surface area contributed by atoms with Crippen LogP contribution in [-0.2, 0) is 14.3 Å². The van der Waals surface area contributed by atoms with Crippen molar-refractivity contribution in [1.29, 1.82) is 0 Å². The van der Waals surface area contributed by atoms with Gasteiger partial charge in [-0.1, -0.05) is 0 Å². The molecule has 0 aliphatic heterocycles. The van der Waals surface area contributed by atoms with Crippen LogP contribution in [0.2, 0.25) is 0 Å². The molecule has 0 saturated heterocycles. The normalized spacial score (nSPS) is 10.4. The number of hydrogen-bond acceptors (Lipinski definition) is 6. The molecule has 148 valence electrons. The average molecular weight is 410 g/mol. The van der Waals surface area contributed by atoms with Gasteiger partial charge in [-0.15, -0.1) is 11.8 Å². The number of ether oxygens (including phenoxy) is 1. The topological polar surface area (TPSA) is 98.5 Å². The van der Waals surface area contributed by atoms with Crippen molar-refractivity contribution in [2.45, 2.75) is 18.2 Å². The van der Waals surface area contributed by atoms with Gasteiger partial charge in [-0.25, -0.2) is 8.78 Å². The summed E-state index contributed by atoms with van der Waals surface area (Å²) in [5.41, 5.74) is 0.776. The third kappa shape index (κ3) is 6.31. The fraction of sp³-hybridized carbons (Fsp3) is 0.222. The van der Waals surface area contributed by atoms with Crippen LogP contribution in [0.1, 0.15) is 12.0 Å². The Bertz CT molecular complexity index is 908. The summed E-state index contributed by atoms with van der Waals surface area (Å²) in [7, 11) is 0. The van der Waals surface area contributed by atoms with Gasteiger partial charge in [-0.05, 0) is 36.8 Å². The standard InChI is InChI=1S/C18H16F2N2O5S/c1-11-8-12(22(25)26)2-5-16(11)21-17(23)10-27-18(24)6-7-28-13-3-4-14(19)15(20)9-13/h2-5,8-9H,6-7,10H2,1H3,(H,21,23). The van der Waals surface area contributed by atoms with Gasteiger partial charge in [0.25, 0.3) is 11.6 Å². The molecule has 0 saturated carbocycles. The third-order valence-corrected chi connectivity index (χ3v) is 4.52. The zero-order chi connectivity index (χ0) is 20.7. The van der Waals surface area contributed by atoms with Crippen LogP contribution in [0.3, 0.4) is 0 Å². The Balaban J connectivity index is 1.74. The quantitative estimate of drug-likeness (QED) is 0.307. The van der Waals surface area contributed by atoms with E-state index in [0.717, 1.165) is 23.9 Å². The van der Waals surface area contributed by atoms with E-state index in [1.165, 1.54) is 24.3 Å². The highest BCUT2D eigenvalue weighted by molar-refractivity contribution is 7.99. The average Bonchev–Trinajstić information content (AvgIpc) is 2.64. The first-order valence-electron chi connectivity index (χ1n) is 8.04. The van der Waals surface area contributed by atoms with Gasteiger partial charge >= 0.3 is 5.97 Å². The molecule has 0 aliphatic rings. The second-order valence-electron chi connectivity index (χ2n) is 5.64. The number of thioether (sulfide) groups is 1. The fourth-order valence-electron chi connectivity index (χ4n) is 2.13. The highest BCUT2D eigenvalue weighted by Crippen LogP contribution is 2.22. The summed E-state index contributed by atoms with van der Waals surface area (Å²) >= 11 is 1.15. The van der Waals surface area contributed by atoms with Gasteiger partial charge < -0.3 is 10.1 Å². The van der Waals surface area contributed by atoms with E-state index in [1.54, 1.807) is 6.92 Å². The molecule has 2 aromatic carbocycles. The Morgan fingerprint density at radius 1 is 1.18 bits per heavy atom. The maximum Gasteiger partial charge on any atom is 0.307 e. The maximum absolute atomic E-state index is 13.1. The molecule has 0 aliphatic carbocycles. The molecular formula is C18H16F2N2O5S. The number of anilines is 1. The Morgan fingerprint density at radius 2 is 1.93 bits per heavy atom. The van der Waals surface area contributed by atoms with Crippen molar-refractivity contribution >= 4 is 35.0 Å². The number of nitrogens with zero attached hydrogens (tertiary/aromatic N) is 1. The molecule has 10 heteroatoms. The number of nitro groups is 1. The number of nitro benzene ring substituents is 1. The summed E-state index contributed by atoms with van der Waals surface area (Å²) in [6.45, 7) is 1.09. The van der Waals surface area contributed by atoms with Crippen molar-refractivity contribution in [3.8, 4) is 0 Å². The number of carbonyl (C=O) groups is 2. The largest absolute Gasteiger partial charge is 0.456 e. The van der Waals surface area contributed by atoms with Crippen LogP contribution in [0.25, 0.3) is 0 Å². The number of rotatable bonds is 8. The molecule has 0 fully saturated rings. The lowest BCUT2D eigenvalue weighted by Gasteiger charge is -2.09. The summed E-state index contributed by atoms with van der Waals surface area (Å²) in [6, 6.07) is 7.40. The number of nitrogens with one attached hydrogen (secondary N) is 1. The minimum absolute atomic E-state index is 0.0203. The lowest BCUT2D eigenvalue weighted by Crippen LogP contribution is -2.21. The lowest BCUT2D eigenvalue weighted by molar-refractivity contribution is -0.384. The predicted octanol–water partition coefficient (Wildman–Crippen LogP) is 3.85. The van der Waals surface area contributed by atoms with Gasteiger partial charge in [0.1, 0.15) is 0 Å². The van der Waals surface area contributed by atoms with Crippen molar-refractivity contribution < 1.29 is 28.0 Å². The van der Waals surface area contributed by atoms with Crippen LogP contribution in [0.4, 0.5) is 20.2 Å². The lowest BCUT2D eigenvalue weighted by atomic mass is 10.2. The molecule has 0 radical (unpaired) electrons. The number of carbonyl (C=O) groups excluding carboxylic acids is 2. The summed E-state index contributed by atoms with van der Waals surface area (Å²) < 4.78 is 30.8. The number of hydrogen-bond donors (Lipinski definition) is 1. The number of non-ortho nitro benzene ring substituents is 1. The maximum atomic E-state index is 13.1. The molecule has 2 aromatic rings. The number of amides is 1. The Morgan fingerprint density at radius 3 is 2.57 bits per heavy atom. The molecule has 1 amide bonds. The highest BCUT2D eigenvalue weighted by Gasteiger charge is 2.12.